The van der Waals surface area contributed by atoms with E-state index in [-0.39, 0.29) is 0 Å². The van der Waals surface area contributed by atoms with Crippen LogP contribution in [0.5, 0.6) is 0 Å². The molecule has 0 aromatic carbocycles. The summed E-state index contributed by atoms with van der Waals surface area (Å²) in [6.07, 6.45) is 0.771. The van der Waals surface area contributed by atoms with Crippen molar-refractivity contribution in [3.05, 3.63) is 34.7 Å². The monoisotopic (exact) mass is 262 g/mol. The summed E-state index contributed by atoms with van der Waals surface area (Å²) >= 11 is 0. The lowest BCUT2D eigenvalue weighted by Gasteiger charge is -2.06. The maximum Gasteiger partial charge on any atom is 0.227 e. The average Bonchev–Trinajstić information content (AvgIpc) is 2.90. The summed E-state index contributed by atoms with van der Waals surface area (Å²) in [6.45, 7) is 11.1. The van der Waals surface area contributed by atoms with E-state index >= 15 is 0 Å². The molecule has 0 aliphatic rings. The zero-order valence-electron chi connectivity index (χ0n) is 12.2. The van der Waals surface area contributed by atoms with Crippen molar-refractivity contribution in [2.75, 3.05) is 6.54 Å². The van der Waals surface area contributed by atoms with E-state index in [1.807, 2.05) is 6.92 Å². The van der Waals surface area contributed by atoms with Crippen LogP contribution in [0.2, 0.25) is 0 Å². The quantitative estimate of drug-likeness (QED) is 0.810. The molecular formula is C14H22N4O. The van der Waals surface area contributed by atoms with Crippen molar-refractivity contribution in [1.29, 1.82) is 0 Å². The Bertz CT molecular complexity index is 542. The van der Waals surface area contributed by atoms with Crippen LogP contribution < -0.4 is 5.32 Å². The van der Waals surface area contributed by atoms with Gasteiger partial charge in [0.05, 0.1) is 0 Å². The number of hydrogen-bond acceptors (Lipinski definition) is 4. The van der Waals surface area contributed by atoms with Crippen LogP contribution in [0.1, 0.15) is 35.6 Å². The predicted molar refractivity (Wildman–Crippen MR) is 74.0 cm³/mol. The van der Waals surface area contributed by atoms with Crippen LogP contribution in [0.4, 0.5) is 0 Å². The van der Waals surface area contributed by atoms with E-state index in [1.165, 1.54) is 17.0 Å². The van der Waals surface area contributed by atoms with Gasteiger partial charge in [-0.2, -0.15) is 4.98 Å². The van der Waals surface area contributed by atoms with E-state index in [4.69, 9.17) is 4.52 Å². The third-order valence-corrected chi connectivity index (χ3v) is 3.40. The Labute approximate surface area is 114 Å². The summed E-state index contributed by atoms with van der Waals surface area (Å²) in [6, 6.07) is 2.25. The highest BCUT2D eigenvalue weighted by Gasteiger charge is 2.07. The average molecular weight is 262 g/mol. The lowest BCUT2D eigenvalue weighted by molar-refractivity contribution is 0.372. The molecule has 104 valence electrons. The van der Waals surface area contributed by atoms with Crippen LogP contribution in [0.25, 0.3) is 0 Å². The molecule has 19 heavy (non-hydrogen) atoms. The summed E-state index contributed by atoms with van der Waals surface area (Å²) in [5, 5.41) is 7.20. The normalized spacial score (nSPS) is 11.2. The summed E-state index contributed by atoms with van der Waals surface area (Å²) in [7, 11) is 0. The lowest BCUT2D eigenvalue weighted by atomic mass is 10.2. The first-order valence-corrected chi connectivity index (χ1v) is 6.77. The second kappa shape index (κ2) is 6.02. The predicted octanol–water partition coefficient (Wildman–Crippen LogP) is 2.15. The van der Waals surface area contributed by atoms with Gasteiger partial charge in [0.15, 0.2) is 5.82 Å². The van der Waals surface area contributed by atoms with E-state index in [0.717, 1.165) is 26.1 Å². The minimum absolute atomic E-state index is 0.696. The fraction of sp³-hybridized carbons (Fsp3) is 0.571. The third-order valence-electron chi connectivity index (χ3n) is 3.40. The Morgan fingerprint density at radius 1 is 1.32 bits per heavy atom. The third kappa shape index (κ3) is 3.23. The van der Waals surface area contributed by atoms with Gasteiger partial charge in [0.1, 0.15) is 0 Å². The van der Waals surface area contributed by atoms with Gasteiger partial charge in [0, 0.05) is 37.4 Å². The molecule has 0 atom stereocenters. The number of aromatic nitrogens is 3. The highest BCUT2D eigenvalue weighted by molar-refractivity contribution is 5.26. The van der Waals surface area contributed by atoms with E-state index in [0.29, 0.717) is 11.7 Å². The minimum Gasteiger partial charge on any atom is -0.349 e. The van der Waals surface area contributed by atoms with E-state index in [1.54, 1.807) is 0 Å². The molecule has 0 aliphatic carbocycles. The van der Waals surface area contributed by atoms with Gasteiger partial charge in [0.2, 0.25) is 5.89 Å². The highest BCUT2D eigenvalue weighted by atomic mass is 16.5. The standard InChI is InChI=1S/C14H22N4O/c1-5-18-10(2)8-13(11(18)3)9-15-7-6-14-16-12(4)17-19-14/h8,15H,5-7,9H2,1-4H3. The van der Waals surface area contributed by atoms with Crippen LogP contribution >= 0.6 is 0 Å². The van der Waals surface area contributed by atoms with E-state index < -0.39 is 0 Å². The van der Waals surface area contributed by atoms with Gasteiger partial charge >= 0.3 is 0 Å². The first kappa shape index (κ1) is 13.8. The van der Waals surface area contributed by atoms with Gasteiger partial charge in [-0.15, -0.1) is 0 Å². The van der Waals surface area contributed by atoms with Gasteiger partial charge in [0.25, 0.3) is 0 Å². The maximum atomic E-state index is 5.08. The molecule has 0 saturated carbocycles. The molecule has 0 radical (unpaired) electrons. The van der Waals surface area contributed by atoms with Crippen molar-refractivity contribution >= 4 is 0 Å². The molecule has 0 fully saturated rings. The summed E-state index contributed by atoms with van der Waals surface area (Å²) in [5.41, 5.74) is 4.03. The SMILES string of the molecule is CCn1c(C)cc(CNCCc2nc(C)no2)c1C. The first-order chi connectivity index (χ1) is 9.11. The highest BCUT2D eigenvalue weighted by Crippen LogP contribution is 2.14. The van der Waals surface area contributed by atoms with Crippen LogP contribution in [0.15, 0.2) is 10.6 Å². The van der Waals surface area contributed by atoms with Crippen molar-refractivity contribution in [1.82, 2.24) is 20.0 Å². The molecule has 0 saturated heterocycles. The fourth-order valence-electron chi connectivity index (χ4n) is 2.40. The Hall–Kier alpha value is -1.62. The van der Waals surface area contributed by atoms with Gasteiger partial charge in [-0.1, -0.05) is 5.16 Å². The molecule has 0 amide bonds. The van der Waals surface area contributed by atoms with Gasteiger partial charge < -0.3 is 14.4 Å². The molecular weight excluding hydrogens is 240 g/mol. The minimum atomic E-state index is 0.696. The van der Waals surface area contributed by atoms with E-state index in [9.17, 15) is 0 Å². The lowest BCUT2D eigenvalue weighted by Crippen LogP contribution is -2.17. The van der Waals surface area contributed by atoms with E-state index in [2.05, 4.69) is 46.9 Å². The smallest absolute Gasteiger partial charge is 0.227 e. The second-order valence-electron chi connectivity index (χ2n) is 4.80. The fourth-order valence-corrected chi connectivity index (χ4v) is 2.40. The Balaban J connectivity index is 1.83. The van der Waals surface area contributed by atoms with Crippen molar-refractivity contribution in [2.24, 2.45) is 0 Å². The summed E-state index contributed by atoms with van der Waals surface area (Å²) < 4.78 is 7.41. The van der Waals surface area contributed by atoms with Gasteiger partial charge in [-0.05, 0) is 39.3 Å². The van der Waals surface area contributed by atoms with Crippen LogP contribution in [-0.4, -0.2) is 21.3 Å². The maximum absolute atomic E-state index is 5.08. The Kier molecular flexibility index (Phi) is 4.37. The number of rotatable bonds is 6. The zero-order valence-corrected chi connectivity index (χ0v) is 12.2. The van der Waals surface area contributed by atoms with Crippen molar-refractivity contribution in [3.63, 3.8) is 0 Å². The van der Waals surface area contributed by atoms with Crippen molar-refractivity contribution < 1.29 is 4.52 Å². The summed E-state index contributed by atoms with van der Waals surface area (Å²) in [4.78, 5) is 4.18. The molecule has 5 nitrogen and oxygen atoms in total. The molecule has 0 spiro atoms. The molecule has 2 heterocycles. The molecule has 0 bridgehead atoms. The topological polar surface area (TPSA) is 55.9 Å². The number of nitrogens with one attached hydrogen (secondary N) is 1. The van der Waals surface area contributed by atoms with Crippen molar-refractivity contribution in [2.45, 2.75) is 47.2 Å². The molecule has 0 aliphatic heterocycles. The van der Waals surface area contributed by atoms with Gasteiger partial charge in [-0.25, -0.2) is 0 Å². The second-order valence-corrected chi connectivity index (χ2v) is 4.80. The van der Waals surface area contributed by atoms with Gasteiger partial charge in [-0.3, -0.25) is 0 Å². The number of hydrogen-bond donors (Lipinski definition) is 1. The number of nitrogens with zero attached hydrogens (tertiary/aromatic N) is 3. The molecule has 2 aromatic rings. The number of aryl methyl sites for hydroxylation is 2. The first-order valence-electron chi connectivity index (χ1n) is 6.77. The Morgan fingerprint density at radius 3 is 2.68 bits per heavy atom. The largest absolute Gasteiger partial charge is 0.349 e. The zero-order chi connectivity index (χ0) is 13.8. The molecule has 0 unspecified atom stereocenters. The Morgan fingerprint density at radius 2 is 2.11 bits per heavy atom. The molecule has 2 rings (SSSR count). The van der Waals surface area contributed by atoms with Crippen molar-refractivity contribution in [3.8, 4) is 0 Å². The van der Waals surface area contributed by atoms with Crippen LogP contribution in [0, 0.1) is 20.8 Å². The summed E-state index contributed by atoms with van der Waals surface area (Å²) in [5.74, 6) is 1.39. The van der Waals surface area contributed by atoms with Crippen LogP contribution in [0.3, 0.4) is 0 Å². The molecule has 5 heteroatoms. The molecule has 2 aromatic heterocycles. The molecule has 1 N–H and O–H groups in total. The van der Waals surface area contributed by atoms with Crippen LogP contribution in [-0.2, 0) is 19.5 Å².